The Hall–Kier alpha value is -2.62. The van der Waals surface area contributed by atoms with Gasteiger partial charge in [-0.15, -0.1) is 0 Å². The molecule has 2 aromatic carbocycles. The van der Waals surface area contributed by atoms with Crippen LogP contribution in [-0.2, 0) is 6.42 Å². The number of nitrogens with zero attached hydrogens (tertiary/aromatic N) is 2. The highest BCUT2D eigenvalue weighted by molar-refractivity contribution is 5.77. The Morgan fingerprint density at radius 1 is 0.909 bits per heavy atom. The first-order valence-electron chi connectivity index (χ1n) is 7.54. The van der Waals surface area contributed by atoms with Crippen LogP contribution in [0.5, 0.6) is 5.88 Å². The monoisotopic (exact) mass is 293 g/mol. The molecule has 0 atom stereocenters. The van der Waals surface area contributed by atoms with Crippen LogP contribution in [-0.4, -0.2) is 23.1 Å². The average molecular weight is 293 g/mol. The summed E-state index contributed by atoms with van der Waals surface area (Å²) < 4.78 is 5.61. The molecule has 0 amide bonds. The third-order valence-corrected chi connectivity index (χ3v) is 3.37. The van der Waals surface area contributed by atoms with Crippen molar-refractivity contribution in [2.24, 2.45) is 0 Å². The van der Waals surface area contributed by atoms with Crippen LogP contribution >= 0.6 is 0 Å². The first-order chi connectivity index (χ1) is 10.9. The summed E-state index contributed by atoms with van der Waals surface area (Å²) in [5.74, 6) is 1.27. The van der Waals surface area contributed by atoms with Crippen molar-refractivity contribution >= 4 is 16.9 Å². The molecule has 3 rings (SSSR count). The summed E-state index contributed by atoms with van der Waals surface area (Å²) >= 11 is 0. The Morgan fingerprint density at radius 3 is 2.32 bits per heavy atom. The first kappa shape index (κ1) is 14.3. The van der Waals surface area contributed by atoms with Gasteiger partial charge in [-0.1, -0.05) is 42.5 Å². The molecule has 0 saturated heterocycles. The summed E-state index contributed by atoms with van der Waals surface area (Å²) in [6.07, 6.45) is 0.931. The molecule has 0 fully saturated rings. The Bertz CT molecular complexity index is 744. The maximum atomic E-state index is 5.61. The highest BCUT2D eigenvalue weighted by Crippen LogP contribution is 2.23. The molecular formula is C18H19N3O. The molecule has 0 bridgehead atoms. The van der Waals surface area contributed by atoms with Crippen LogP contribution in [0.15, 0.2) is 54.6 Å². The van der Waals surface area contributed by atoms with Crippen LogP contribution in [0.2, 0.25) is 0 Å². The van der Waals surface area contributed by atoms with E-state index < -0.39 is 0 Å². The van der Waals surface area contributed by atoms with E-state index in [1.54, 1.807) is 0 Å². The van der Waals surface area contributed by atoms with E-state index in [1.807, 2.05) is 37.3 Å². The van der Waals surface area contributed by atoms with Gasteiger partial charge in [0.1, 0.15) is 0 Å². The molecule has 0 saturated carbocycles. The molecule has 1 N–H and O–H groups in total. The highest BCUT2D eigenvalue weighted by atomic mass is 16.5. The number of benzene rings is 2. The van der Waals surface area contributed by atoms with Crippen molar-refractivity contribution in [2.45, 2.75) is 13.3 Å². The van der Waals surface area contributed by atoms with Crippen LogP contribution in [0.25, 0.3) is 11.0 Å². The van der Waals surface area contributed by atoms with Crippen molar-refractivity contribution in [3.8, 4) is 5.88 Å². The predicted octanol–water partition coefficient (Wildman–Crippen LogP) is 3.68. The SMILES string of the molecule is CCOc1nc2ccccc2nc1NCCc1ccccc1. The lowest BCUT2D eigenvalue weighted by atomic mass is 10.1. The number of anilines is 1. The topological polar surface area (TPSA) is 47.0 Å². The maximum Gasteiger partial charge on any atom is 0.258 e. The number of rotatable bonds is 6. The summed E-state index contributed by atoms with van der Waals surface area (Å²) in [6, 6.07) is 18.2. The Morgan fingerprint density at radius 2 is 1.59 bits per heavy atom. The molecule has 0 aliphatic rings. The maximum absolute atomic E-state index is 5.61. The lowest BCUT2D eigenvalue weighted by Crippen LogP contribution is -2.09. The van der Waals surface area contributed by atoms with Gasteiger partial charge in [0.25, 0.3) is 5.88 Å². The zero-order valence-electron chi connectivity index (χ0n) is 12.6. The number of aromatic nitrogens is 2. The van der Waals surface area contributed by atoms with E-state index in [0.717, 1.165) is 24.0 Å². The van der Waals surface area contributed by atoms with Crippen molar-refractivity contribution in [1.29, 1.82) is 0 Å². The molecular weight excluding hydrogens is 274 g/mol. The second kappa shape index (κ2) is 6.89. The fraction of sp³-hybridized carbons (Fsp3) is 0.222. The predicted molar refractivity (Wildman–Crippen MR) is 89.3 cm³/mol. The molecule has 4 heteroatoms. The Kier molecular flexibility index (Phi) is 4.49. The molecule has 3 aromatic rings. The van der Waals surface area contributed by atoms with Crippen molar-refractivity contribution in [1.82, 2.24) is 9.97 Å². The van der Waals surface area contributed by atoms with Gasteiger partial charge in [-0.3, -0.25) is 0 Å². The minimum Gasteiger partial charge on any atom is -0.475 e. The number of fused-ring (bicyclic) bond motifs is 1. The Balaban J connectivity index is 1.77. The van der Waals surface area contributed by atoms with Crippen LogP contribution < -0.4 is 10.1 Å². The van der Waals surface area contributed by atoms with Crippen molar-refractivity contribution < 1.29 is 4.74 Å². The standard InChI is InChI=1S/C18H19N3O/c1-2-22-18-17(19-13-12-14-8-4-3-5-9-14)20-15-10-6-7-11-16(15)21-18/h3-11H,2,12-13H2,1H3,(H,19,20). The molecule has 1 aromatic heterocycles. The second-order valence-corrected chi connectivity index (χ2v) is 4.96. The summed E-state index contributed by atoms with van der Waals surface area (Å²) in [4.78, 5) is 9.17. The van der Waals surface area contributed by atoms with E-state index in [-0.39, 0.29) is 0 Å². The van der Waals surface area contributed by atoms with Crippen LogP contribution in [0, 0.1) is 0 Å². The molecule has 0 spiro atoms. The first-order valence-corrected chi connectivity index (χ1v) is 7.54. The number of ether oxygens (including phenoxy) is 1. The van der Waals surface area contributed by atoms with Crippen molar-refractivity contribution in [3.63, 3.8) is 0 Å². The van der Waals surface area contributed by atoms with E-state index in [4.69, 9.17) is 4.74 Å². The third-order valence-electron chi connectivity index (χ3n) is 3.37. The highest BCUT2D eigenvalue weighted by Gasteiger charge is 2.09. The summed E-state index contributed by atoms with van der Waals surface area (Å²) in [6.45, 7) is 3.31. The molecule has 1 heterocycles. The summed E-state index contributed by atoms with van der Waals surface area (Å²) in [5.41, 5.74) is 3.01. The van der Waals surface area contributed by atoms with Crippen molar-refractivity contribution in [2.75, 3.05) is 18.5 Å². The van der Waals surface area contributed by atoms with Gasteiger partial charge in [-0.2, -0.15) is 0 Å². The molecule has 22 heavy (non-hydrogen) atoms. The largest absolute Gasteiger partial charge is 0.475 e. The lowest BCUT2D eigenvalue weighted by molar-refractivity contribution is 0.328. The summed E-state index contributed by atoms with van der Waals surface area (Å²) in [7, 11) is 0. The molecule has 4 nitrogen and oxygen atoms in total. The minimum atomic E-state index is 0.564. The minimum absolute atomic E-state index is 0.564. The van der Waals surface area contributed by atoms with Crippen LogP contribution in [0.3, 0.4) is 0 Å². The summed E-state index contributed by atoms with van der Waals surface area (Å²) in [5, 5.41) is 3.34. The van der Waals surface area contributed by atoms with Crippen LogP contribution in [0.1, 0.15) is 12.5 Å². The van der Waals surface area contributed by atoms with Gasteiger partial charge in [0, 0.05) is 6.54 Å². The third kappa shape index (κ3) is 3.34. The fourth-order valence-electron chi connectivity index (χ4n) is 2.31. The quantitative estimate of drug-likeness (QED) is 0.753. The van der Waals surface area contributed by atoms with Gasteiger partial charge in [0.15, 0.2) is 5.82 Å². The smallest absolute Gasteiger partial charge is 0.258 e. The van der Waals surface area contributed by atoms with E-state index in [2.05, 4.69) is 39.6 Å². The van der Waals surface area contributed by atoms with E-state index in [1.165, 1.54) is 5.56 Å². The number of para-hydroxylation sites is 2. The van der Waals surface area contributed by atoms with Gasteiger partial charge in [0.05, 0.1) is 17.6 Å². The van der Waals surface area contributed by atoms with Gasteiger partial charge >= 0.3 is 0 Å². The van der Waals surface area contributed by atoms with E-state index >= 15 is 0 Å². The molecule has 0 aliphatic carbocycles. The zero-order chi connectivity index (χ0) is 15.2. The van der Waals surface area contributed by atoms with E-state index in [9.17, 15) is 0 Å². The zero-order valence-corrected chi connectivity index (χ0v) is 12.6. The normalized spacial score (nSPS) is 10.6. The molecule has 0 unspecified atom stereocenters. The second-order valence-electron chi connectivity index (χ2n) is 4.96. The molecule has 0 aliphatic heterocycles. The average Bonchev–Trinajstić information content (AvgIpc) is 2.56. The van der Waals surface area contributed by atoms with E-state index in [0.29, 0.717) is 18.3 Å². The Labute approximate surface area is 130 Å². The molecule has 0 radical (unpaired) electrons. The van der Waals surface area contributed by atoms with Crippen LogP contribution in [0.4, 0.5) is 5.82 Å². The number of nitrogens with one attached hydrogen (secondary N) is 1. The van der Waals surface area contributed by atoms with Crippen molar-refractivity contribution in [3.05, 3.63) is 60.2 Å². The fourth-order valence-corrected chi connectivity index (χ4v) is 2.31. The van der Waals surface area contributed by atoms with Gasteiger partial charge < -0.3 is 10.1 Å². The van der Waals surface area contributed by atoms with Gasteiger partial charge in [-0.05, 0) is 31.0 Å². The number of hydrogen-bond acceptors (Lipinski definition) is 4. The van der Waals surface area contributed by atoms with Gasteiger partial charge in [-0.25, -0.2) is 9.97 Å². The number of hydrogen-bond donors (Lipinski definition) is 1. The lowest BCUT2D eigenvalue weighted by Gasteiger charge is -2.11. The van der Waals surface area contributed by atoms with Gasteiger partial charge in [0.2, 0.25) is 0 Å². The molecule has 112 valence electrons.